The number of aliphatic hydroxyl groups excluding tert-OH is 1. The van der Waals surface area contributed by atoms with E-state index in [9.17, 15) is 19.1 Å². The van der Waals surface area contributed by atoms with Crippen LogP contribution in [0.1, 0.15) is 32.6 Å². The second kappa shape index (κ2) is 13.9. The maximum Gasteiger partial charge on any atom is 0.189 e. The van der Waals surface area contributed by atoms with Gasteiger partial charge in [0.05, 0.1) is 0 Å². The van der Waals surface area contributed by atoms with Crippen LogP contribution in [0.2, 0.25) is 0 Å². The SMILES string of the molecule is Cc1cccc(/C=C/C(=O)/C=C/c2cccc(F)c2)c1.O=C(/C=C(\O)c1ccccc1)c1ccccc1. The highest BCUT2D eigenvalue weighted by molar-refractivity contribution is 6.07. The fourth-order valence-corrected chi connectivity index (χ4v) is 3.30. The maximum atomic E-state index is 13.0. The zero-order chi connectivity index (χ0) is 26.5. The lowest BCUT2D eigenvalue weighted by atomic mass is 10.1. The van der Waals surface area contributed by atoms with Gasteiger partial charge in [0.15, 0.2) is 11.6 Å². The van der Waals surface area contributed by atoms with E-state index >= 15 is 0 Å². The molecule has 0 aliphatic rings. The van der Waals surface area contributed by atoms with Crippen molar-refractivity contribution in [2.24, 2.45) is 0 Å². The molecule has 0 fully saturated rings. The molecule has 4 aromatic carbocycles. The second-order valence-electron chi connectivity index (χ2n) is 8.16. The normalized spacial score (nSPS) is 11.2. The first-order valence-electron chi connectivity index (χ1n) is 11.7. The highest BCUT2D eigenvalue weighted by Gasteiger charge is 2.04. The summed E-state index contributed by atoms with van der Waals surface area (Å²) in [4.78, 5) is 23.5. The summed E-state index contributed by atoms with van der Waals surface area (Å²) in [6.07, 6.45) is 7.55. The molecule has 4 heteroatoms. The van der Waals surface area contributed by atoms with Crippen molar-refractivity contribution in [3.05, 3.63) is 161 Å². The van der Waals surface area contributed by atoms with Crippen LogP contribution >= 0.6 is 0 Å². The van der Waals surface area contributed by atoms with Gasteiger partial charge in [0.2, 0.25) is 0 Å². The number of carbonyl (C=O) groups excluding carboxylic acids is 2. The van der Waals surface area contributed by atoms with Gasteiger partial charge in [0, 0.05) is 17.2 Å². The molecule has 0 spiro atoms. The number of ketones is 2. The van der Waals surface area contributed by atoms with Gasteiger partial charge in [0.1, 0.15) is 11.6 Å². The smallest absolute Gasteiger partial charge is 0.189 e. The lowest BCUT2D eigenvalue weighted by Gasteiger charge is -1.99. The molecule has 0 saturated carbocycles. The van der Waals surface area contributed by atoms with Gasteiger partial charge in [-0.1, -0.05) is 115 Å². The van der Waals surface area contributed by atoms with Gasteiger partial charge in [-0.25, -0.2) is 4.39 Å². The van der Waals surface area contributed by atoms with E-state index in [1.165, 1.54) is 30.4 Å². The first-order chi connectivity index (χ1) is 17.9. The largest absolute Gasteiger partial charge is 0.507 e. The summed E-state index contributed by atoms with van der Waals surface area (Å²) < 4.78 is 13.0. The standard InChI is InChI=1S/C18H15FO.C15H12O2/c1-14-4-2-5-15(12-14)8-10-18(20)11-9-16-6-3-7-17(19)13-16;16-14(12-7-3-1-4-8-12)11-15(17)13-9-5-2-6-10-13/h2-13H,1H3;1-11,16H/b10-8+,11-9+;14-11-. The predicted molar refractivity (Wildman–Crippen MR) is 148 cm³/mol. The maximum absolute atomic E-state index is 13.0. The van der Waals surface area contributed by atoms with Crippen molar-refractivity contribution in [1.29, 1.82) is 0 Å². The average Bonchev–Trinajstić information content (AvgIpc) is 2.92. The summed E-state index contributed by atoms with van der Waals surface area (Å²) in [6, 6.07) is 31.9. The number of carbonyl (C=O) groups is 2. The minimum atomic E-state index is -0.310. The number of rotatable bonds is 7. The van der Waals surface area contributed by atoms with Crippen molar-refractivity contribution in [3.8, 4) is 0 Å². The fourth-order valence-electron chi connectivity index (χ4n) is 3.30. The van der Waals surface area contributed by atoms with Crippen molar-refractivity contribution >= 4 is 29.5 Å². The highest BCUT2D eigenvalue weighted by Crippen LogP contribution is 2.12. The molecular formula is C33H27FO3. The van der Waals surface area contributed by atoms with Gasteiger partial charge in [-0.2, -0.15) is 0 Å². The van der Waals surface area contributed by atoms with Gasteiger partial charge >= 0.3 is 0 Å². The van der Waals surface area contributed by atoms with E-state index in [-0.39, 0.29) is 23.1 Å². The Balaban J connectivity index is 0.000000208. The molecule has 0 saturated heterocycles. The molecule has 0 aliphatic heterocycles. The third kappa shape index (κ3) is 9.38. The van der Waals surface area contributed by atoms with Crippen LogP contribution in [0.3, 0.4) is 0 Å². The molecule has 37 heavy (non-hydrogen) atoms. The Kier molecular flexibility index (Phi) is 10.1. The molecule has 3 nitrogen and oxygen atoms in total. The van der Waals surface area contributed by atoms with Crippen LogP contribution in [0.25, 0.3) is 17.9 Å². The topological polar surface area (TPSA) is 54.4 Å². The van der Waals surface area contributed by atoms with Crippen LogP contribution in [0.15, 0.2) is 127 Å². The summed E-state index contributed by atoms with van der Waals surface area (Å²) in [5.74, 6) is -0.655. The summed E-state index contributed by atoms with van der Waals surface area (Å²) in [5.41, 5.74) is 4.00. The third-order valence-electron chi connectivity index (χ3n) is 5.17. The van der Waals surface area contributed by atoms with Crippen LogP contribution in [0.4, 0.5) is 4.39 Å². The lowest BCUT2D eigenvalue weighted by molar-refractivity contribution is -0.110. The molecule has 4 rings (SSSR count). The summed E-state index contributed by atoms with van der Waals surface area (Å²) in [6.45, 7) is 2.00. The van der Waals surface area contributed by atoms with E-state index in [1.54, 1.807) is 60.7 Å². The number of aliphatic hydroxyl groups is 1. The van der Waals surface area contributed by atoms with Crippen molar-refractivity contribution in [1.82, 2.24) is 0 Å². The van der Waals surface area contributed by atoms with E-state index in [2.05, 4.69) is 0 Å². The number of aryl methyl sites for hydroxylation is 1. The Morgan fingerprint density at radius 1 is 0.676 bits per heavy atom. The van der Waals surface area contributed by atoms with Gasteiger partial charge in [-0.05, 0) is 42.3 Å². The summed E-state index contributed by atoms with van der Waals surface area (Å²) >= 11 is 0. The first-order valence-corrected chi connectivity index (χ1v) is 11.7. The van der Waals surface area contributed by atoms with Gasteiger partial charge < -0.3 is 5.11 Å². The molecule has 184 valence electrons. The van der Waals surface area contributed by atoms with Crippen LogP contribution in [-0.2, 0) is 4.79 Å². The van der Waals surface area contributed by atoms with Crippen molar-refractivity contribution in [2.75, 3.05) is 0 Å². The van der Waals surface area contributed by atoms with E-state index < -0.39 is 0 Å². The number of halogens is 1. The zero-order valence-corrected chi connectivity index (χ0v) is 20.4. The van der Waals surface area contributed by atoms with Crippen LogP contribution < -0.4 is 0 Å². The van der Waals surface area contributed by atoms with Gasteiger partial charge in [0.25, 0.3) is 0 Å². The van der Waals surface area contributed by atoms with Crippen molar-refractivity contribution < 1.29 is 19.1 Å². The second-order valence-corrected chi connectivity index (χ2v) is 8.16. The average molecular weight is 491 g/mol. The van der Waals surface area contributed by atoms with Gasteiger partial charge in [-0.3, -0.25) is 9.59 Å². The molecule has 0 aromatic heterocycles. The Bertz CT molecular complexity index is 1360. The quantitative estimate of drug-likeness (QED) is 0.163. The molecule has 4 aromatic rings. The summed E-state index contributed by atoms with van der Waals surface area (Å²) in [5, 5.41) is 9.79. The summed E-state index contributed by atoms with van der Waals surface area (Å²) in [7, 11) is 0. The molecule has 0 unspecified atom stereocenters. The zero-order valence-electron chi connectivity index (χ0n) is 20.4. The molecule has 0 radical (unpaired) electrons. The monoisotopic (exact) mass is 490 g/mol. The molecule has 0 bridgehead atoms. The lowest BCUT2D eigenvalue weighted by Crippen LogP contribution is -1.95. The Morgan fingerprint density at radius 3 is 1.78 bits per heavy atom. The number of hydrogen-bond donors (Lipinski definition) is 1. The number of allylic oxidation sites excluding steroid dienone is 3. The third-order valence-corrected chi connectivity index (χ3v) is 5.17. The Morgan fingerprint density at radius 2 is 1.22 bits per heavy atom. The van der Waals surface area contributed by atoms with E-state index in [1.807, 2.05) is 55.5 Å². The molecular weight excluding hydrogens is 463 g/mol. The van der Waals surface area contributed by atoms with Crippen molar-refractivity contribution in [2.45, 2.75) is 6.92 Å². The van der Waals surface area contributed by atoms with E-state index in [0.717, 1.165) is 11.1 Å². The molecule has 0 heterocycles. The van der Waals surface area contributed by atoms with Crippen LogP contribution in [-0.4, -0.2) is 16.7 Å². The molecule has 1 N–H and O–H groups in total. The number of hydrogen-bond acceptors (Lipinski definition) is 3. The highest BCUT2D eigenvalue weighted by atomic mass is 19.1. The van der Waals surface area contributed by atoms with Crippen molar-refractivity contribution in [3.63, 3.8) is 0 Å². The van der Waals surface area contributed by atoms with Gasteiger partial charge in [-0.15, -0.1) is 0 Å². The molecule has 0 atom stereocenters. The van der Waals surface area contributed by atoms with Crippen LogP contribution in [0, 0.1) is 12.7 Å². The Labute approximate surface area is 216 Å². The molecule has 0 amide bonds. The molecule has 0 aliphatic carbocycles. The minimum Gasteiger partial charge on any atom is -0.507 e. The van der Waals surface area contributed by atoms with E-state index in [4.69, 9.17) is 0 Å². The van der Waals surface area contributed by atoms with E-state index in [0.29, 0.717) is 16.7 Å². The number of benzene rings is 4. The minimum absolute atomic E-state index is 0.0144. The fraction of sp³-hybridized carbons (Fsp3) is 0.0303. The first kappa shape index (κ1) is 26.8. The van der Waals surface area contributed by atoms with Crippen LogP contribution in [0.5, 0.6) is 0 Å². The predicted octanol–water partition coefficient (Wildman–Crippen LogP) is 7.90. The Hall–Kier alpha value is -4.83.